The molecule has 0 aromatic heterocycles. The maximum atomic E-state index is 5.95. The van der Waals surface area contributed by atoms with Crippen LogP contribution in [0.15, 0.2) is 21.2 Å². The van der Waals surface area contributed by atoms with Gasteiger partial charge in [-0.05, 0) is 6.92 Å². The lowest BCUT2D eigenvalue weighted by Gasteiger charge is -2.31. The summed E-state index contributed by atoms with van der Waals surface area (Å²) in [6.45, 7) is 3.45. The van der Waals surface area contributed by atoms with Gasteiger partial charge in [-0.1, -0.05) is 11.6 Å². The lowest BCUT2D eigenvalue weighted by molar-refractivity contribution is 0.339. The zero-order chi connectivity index (χ0) is 11.6. The molecule has 2 aliphatic rings. The monoisotopic (exact) mass is 243 g/mol. The Kier molecular flexibility index (Phi) is 2.91. The first-order valence-corrected chi connectivity index (χ1v) is 5.35. The van der Waals surface area contributed by atoms with Gasteiger partial charge in [-0.2, -0.15) is 0 Å². The fourth-order valence-electron chi connectivity index (χ4n) is 1.53. The minimum Gasteiger partial charge on any atom is -0.481 e. The highest BCUT2D eigenvalue weighted by molar-refractivity contribution is 6.30. The van der Waals surface area contributed by atoms with Crippen molar-refractivity contribution in [3.63, 3.8) is 0 Å². The van der Waals surface area contributed by atoms with Gasteiger partial charge in [0.25, 0.3) is 0 Å². The van der Waals surface area contributed by atoms with Gasteiger partial charge in [0.2, 0.25) is 11.7 Å². The third-order valence-corrected chi connectivity index (χ3v) is 2.40. The van der Waals surface area contributed by atoms with E-state index in [9.17, 15) is 0 Å². The molecule has 88 valence electrons. The molecule has 0 aromatic carbocycles. The molecule has 0 unspecified atom stereocenters. The van der Waals surface area contributed by atoms with Crippen LogP contribution < -0.4 is 16.0 Å². The Balaban J connectivity index is 2.12. The molecule has 6 nitrogen and oxygen atoms in total. The van der Waals surface area contributed by atoms with E-state index in [1.807, 2.05) is 6.92 Å². The molecule has 1 atom stereocenters. The maximum absolute atomic E-state index is 5.95. The summed E-state index contributed by atoms with van der Waals surface area (Å²) in [4.78, 5) is 8.57. The molecule has 3 N–H and O–H groups in total. The second-order valence-electron chi connectivity index (χ2n) is 3.63. The second-order valence-corrected chi connectivity index (χ2v) is 4.03. The van der Waals surface area contributed by atoms with Crippen molar-refractivity contribution < 1.29 is 4.74 Å². The summed E-state index contributed by atoms with van der Waals surface area (Å²) in [5.41, 5.74) is 0. The van der Waals surface area contributed by atoms with Gasteiger partial charge in [0.1, 0.15) is 5.16 Å². The van der Waals surface area contributed by atoms with Gasteiger partial charge in [0.05, 0.1) is 13.7 Å². The number of halogens is 1. The fourth-order valence-corrected chi connectivity index (χ4v) is 1.81. The molecule has 2 aliphatic heterocycles. The number of methoxy groups -OCH3 is 1. The Labute approximate surface area is 98.8 Å². The predicted molar refractivity (Wildman–Crippen MR) is 63.4 cm³/mol. The smallest absolute Gasteiger partial charge is 0.215 e. The standard InChI is InChI=1S/C9H14ClN5O/c1-9(15-8-11-3-4-12-8)13-6(10)5-7(14-9)16-2/h5,13H,3-4H2,1-2H3,(H2,11,12,15)/t9-/m0/s1. The quantitative estimate of drug-likeness (QED) is 0.565. The van der Waals surface area contributed by atoms with Crippen molar-refractivity contribution >= 4 is 23.5 Å². The molecule has 0 bridgehead atoms. The number of nitrogens with zero attached hydrogens (tertiary/aromatic N) is 2. The number of hydrogen-bond donors (Lipinski definition) is 3. The van der Waals surface area contributed by atoms with Gasteiger partial charge in [0, 0.05) is 12.6 Å². The first-order valence-electron chi connectivity index (χ1n) is 4.97. The molecule has 0 amide bonds. The first kappa shape index (κ1) is 11.1. The van der Waals surface area contributed by atoms with E-state index in [-0.39, 0.29) is 0 Å². The number of nitrogens with one attached hydrogen (secondary N) is 3. The normalized spacial score (nSPS) is 28.3. The molecule has 0 saturated carbocycles. The first-order chi connectivity index (χ1) is 7.61. The van der Waals surface area contributed by atoms with Gasteiger partial charge in [-0.25, -0.2) is 4.99 Å². The van der Waals surface area contributed by atoms with Crippen LogP contribution in [0.25, 0.3) is 0 Å². The zero-order valence-electron chi connectivity index (χ0n) is 9.17. The van der Waals surface area contributed by atoms with Crippen LogP contribution in [0.4, 0.5) is 0 Å². The van der Waals surface area contributed by atoms with E-state index in [0.717, 1.165) is 13.1 Å². The van der Waals surface area contributed by atoms with Crippen LogP contribution in [0, 0.1) is 0 Å². The van der Waals surface area contributed by atoms with Crippen LogP contribution in [-0.4, -0.2) is 37.8 Å². The minimum atomic E-state index is -0.743. The zero-order valence-corrected chi connectivity index (χ0v) is 9.93. The predicted octanol–water partition coefficient (Wildman–Crippen LogP) is -0.0628. The molecule has 16 heavy (non-hydrogen) atoms. The van der Waals surface area contributed by atoms with Gasteiger partial charge in [0.15, 0.2) is 5.96 Å². The van der Waals surface area contributed by atoms with Gasteiger partial charge in [-0.3, -0.25) is 4.99 Å². The molecule has 0 aromatic rings. The maximum Gasteiger partial charge on any atom is 0.215 e. The number of ether oxygens (including phenoxy) is 1. The summed E-state index contributed by atoms with van der Waals surface area (Å²) >= 11 is 5.95. The molecule has 0 saturated heterocycles. The van der Waals surface area contributed by atoms with Crippen molar-refractivity contribution in [2.24, 2.45) is 9.98 Å². The van der Waals surface area contributed by atoms with Crippen LogP contribution >= 0.6 is 11.6 Å². The summed E-state index contributed by atoms with van der Waals surface area (Å²) in [5.74, 6) is 0.436. The molecule has 0 spiro atoms. The molecule has 7 heteroatoms. The van der Waals surface area contributed by atoms with E-state index >= 15 is 0 Å². The van der Waals surface area contributed by atoms with Crippen LogP contribution in [-0.2, 0) is 4.74 Å². The highest BCUT2D eigenvalue weighted by atomic mass is 35.5. The molecular formula is C9H14ClN5O. The van der Waals surface area contributed by atoms with Crippen molar-refractivity contribution in [2.75, 3.05) is 20.2 Å². The number of hydrogen-bond acceptors (Lipinski definition) is 6. The van der Waals surface area contributed by atoms with Crippen LogP contribution in [0.1, 0.15) is 6.92 Å². The van der Waals surface area contributed by atoms with Crippen molar-refractivity contribution in [3.8, 4) is 0 Å². The van der Waals surface area contributed by atoms with E-state index in [4.69, 9.17) is 16.3 Å². The third kappa shape index (κ3) is 2.38. The van der Waals surface area contributed by atoms with E-state index in [1.54, 1.807) is 13.2 Å². The van der Waals surface area contributed by atoms with Crippen LogP contribution in [0.3, 0.4) is 0 Å². The van der Waals surface area contributed by atoms with E-state index < -0.39 is 5.79 Å². The number of guanidine groups is 1. The largest absolute Gasteiger partial charge is 0.481 e. The van der Waals surface area contributed by atoms with Crippen LogP contribution in [0.2, 0.25) is 0 Å². The lowest BCUT2D eigenvalue weighted by Crippen LogP contribution is -2.58. The summed E-state index contributed by atoms with van der Waals surface area (Å²) in [6, 6.07) is 0. The Morgan fingerprint density at radius 3 is 3.06 bits per heavy atom. The average Bonchev–Trinajstić information content (AvgIpc) is 2.68. The lowest BCUT2D eigenvalue weighted by atomic mass is 10.3. The molecule has 2 heterocycles. The van der Waals surface area contributed by atoms with Crippen molar-refractivity contribution in [3.05, 3.63) is 11.2 Å². The Morgan fingerprint density at radius 1 is 1.62 bits per heavy atom. The Morgan fingerprint density at radius 2 is 2.44 bits per heavy atom. The number of aliphatic imine (C=N–C) groups is 2. The van der Waals surface area contributed by atoms with Gasteiger partial charge in [-0.15, -0.1) is 0 Å². The van der Waals surface area contributed by atoms with E-state index in [0.29, 0.717) is 17.0 Å². The van der Waals surface area contributed by atoms with Crippen molar-refractivity contribution in [1.82, 2.24) is 16.0 Å². The topological polar surface area (TPSA) is 70.0 Å². The minimum absolute atomic E-state index is 0.470. The highest BCUT2D eigenvalue weighted by Crippen LogP contribution is 2.14. The Bertz CT molecular complexity index is 378. The average molecular weight is 244 g/mol. The van der Waals surface area contributed by atoms with E-state index in [1.165, 1.54) is 0 Å². The van der Waals surface area contributed by atoms with E-state index in [2.05, 4.69) is 25.9 Å². The molecule has 0 aliphatic carbocycles. The summed E-state index contributed by atoms with van der Waals surface area (Å²) in [7, 11) is 1.55. The third-order valence-electron chi connectivity index (χ3n) is 2.19. The molecule has 0 radical (unpaired) electrons. The summed E-state index contributed by atoms with van der Waals surface area (Å²) in [6.07, 6.45) is 1.62. The van der Waals surface area contributed by atoms with Crippen molar-refractivity contribution in [1.29, 1.82) is 0 Å². The summed E-state index contributed by atoms with van der Waals surface area (Å²) in [5, 5.41) is 9.71. The number of rotatable bonds is 1. The molecular weight excluding hydrogens is 230 g/mol. The summed E-state index contributed by atoms with van der Waals surface area (Å²) < 4.78 is 5.07. The SMILES string of the molecule is COC1=N[C@@](C)(NC2=NCCN2)NC(Cl)=C1. The van der Waals surface area contributed by atoms with Crippen LogP contribution in [0.5, 0.6) is 0 Å². The molecule has 0 fully saturated rings. The van der Waals surface area contributed by atoms with Gasteiger partial charge < -0.3 is 20.7 Å². The molecule has 2 rings (SSSR count). The second kappa shape index (κ2) is 4.21. The van der Waals surface area contributed by atoms with Gasteiger partial charge >= 0.3 is 0 Å². The van der Waals surface area contributed by atoms with Crippen molar-refractivity contribution in [2.45, 2.75) is 12.7 Å². The highest BCUT2D eigenvalue weighted by Gasteiger charge is 2.29. The Hall–Kier alpha value is -1.43. The fraction of sp³-hybridized carbons (Fsp3) is 0.556.